The van der Waals surface area contributed by atoms with Gasteiger partial charge < -0.3 is 20.2 Å². The van der Waals surface area contributed by atoms with E-state index in [0.717, 1.165) is 0 Å². The number of hydrogen-bond acceptors (Lipinski definition) is 5. The van der Waals surface area contributed by atoms with Crippen LogP contribution in [0.15, 0.2) is 40.8 Å². The first-order chi connectivity index (χ1) is 12.9. The van der Waals surface area contributed by atoms with Crippen molar-refractivity contribution in [3.05, 3.63) is 59.0 Å². The van der Waals surface area contributed by atoms with E-state index in [2.05, 4.69) is 10.6 Å². The molecule has 0 fully saturated rings. The van der Waals surface area contributed by atoms with Crippen LogP contribution in [0.2, 0.25) is 0 Å². The van der Waals surface area contributed by atoms with E-state index >= 15 is 0 Å². The van der Waals surface area contributed by atoms with Crippen LogP contribution in [0.5, 0.6) is 0 Å². The van der Waals surface area contributed by atoms with Crippen molar-refractivity contribution in [2.75, 3.05) is 12.0 Å². The Labute approximate surface area is 161 Å². The number of carboxylic acids is 1. The average Bonchev–Trinajstić information content (AvgIpc) is 3.04. The first kappa shape index (κ1) is 20.6. The first-order valence-electron chi connectivity index (χ1n) is 8.37. The molecule has 0 saturated carbocycles. The number of aryl methyl sites for hydroxylation is 1. The van der Waals surface area contributed by atoms with Crippen molar-refractivity contribution >= 4 is 29.5 Å². The minimum absolute atomic E-state index is 0.0456. The summed E-state index contributed by atoms with van der Waals surface area (Å²) in [5, 5.41) is 14.5. The number of aromatic carboxylic acids is 1. The highest BCUT2D eigenvalue weighted by atomic mass is 32.2. The van der Waals surface area contributed by atoms with Gasteiger partial charge in [0.25, 0.3) is 5.91 Å². The summed E-state index contributed by atoms with van der Waals surface area (Å²) in [6, 6.07) is 9.37. The summed E-state index contributed by atoms with van der Waals surface area (Å²) in [5.74, 6) is -0.421. The van der Waals surface area contributed by atoms with Crippen molar-refractivity contribution in [1.82, 2.24) is 10.6 Å². The Kier molecular flexibility index (Phi) is 7.48. The molecule has 2 rings (SSSR count). The smallest absolute Gasteiger partial charge is 0.339 e. The van der Waals surface area contributed by atoms with E-state index in [-0.39, 0.29) is 29.7 Å². The van der Waals surface area contributed by atoms with Crippen molar-refractivity contribution in [2.24, 2.45) is 0 Å². The molecule has 1 aromatic heterocycles. The van der Waals surface area contributed by atoms with Gasteiger partial charge in [-0.05, 0) is 43.6 Å². The first-order valence-corrected chi connectivity index (χ1v) is 9.77. The maximum atomic E-state index is 12.5. The summed E-state index contributed by atoms with van der Waals surface area (Å²) >= 11 is 1.58. The molecule has 8 heteroatoms. The van der Waals surface area contributed by atoms with Gasteiger partial charge in [-0.25, -0.2) is 4.79 Å². The number of furan rings is 1. The van der Waals surface area contributed by atoms with Gasteiger partial charge in [-0.1, -0.05) is 18.2 Å². The quantitative estimate of drug-likeness (QED) is 0.607. The summed E-state index contributed by atoms with van der Waals surface area (Å²) in [6.07, 6.45) is 2.40. The Morgan fingerprint density at radius 1 is 1.22 bits per heavy atom. The number of carboxylic acid groups (broad SMARTS) is 1. The fourth-order valence-electron chi connectivity index (χ4n) is 2.48. The largest absolute Gasteiger partial charge is 0.478 e. The zero-order chi connectivity index (χ0) is 19.8. The summed E-state index contributed by atoms with van der Waals surface area (Å²) in [6.45, 7) is 1.60. The number of carbonyl (C=O) groups is 3. The normalized spacial score (nSPS) is 11.6. The predicted molar refractivity (Wildman–Crippen MR) is 103 cm³/mol. The van der Waals surface area contributed by atoms with Crippen molar-refractivity contribution in [3.8, 4) is 0 Å². The number of nitrogens with one attached hydrogen (secondary N) is 2. The molecule has 27 heavy (non-hydrogen) atoms. The van der Waals surface area contributed by atoms with E-state index < -0.39 is 12.0 Å². The molecule has 2 aromatic rings. The maximum absolute atomic E-state index is 12.5. The maximum Gasteiger partial charge on any atom is 0.339 e. The minimum atomic E-state index is -1.08. The van der Waals surface area contributed by atoms with Crippen LogP contribution in [0.25, 0.3) is 0 Å². The summed E-state index contributed by atoms with van der Waals surface area (Å²) in [7, 11) is 0. The standard InChI is InChI=1S/C19H22N2O5S/c1-12-15(19(24)25)10-14(26-12)11-20-18(23)16(8-9-27-2)21-17(22)13-6-4-3-5-7-13/h3-7,10,16H,8-9,11H2,1-2H3,(H,20,23)(H,21,22)(H,24,25). The van der Waals surface area contributed by atoms with Crippen LogP contribution in [-0.4, -0.2) is 40.9 Å². The van der Waals surface area contributed by atoms with Crippen LogP contribution >= 0.6 is 11.8 Å². The van der Waals surface area contributed by atoms with Crippen molar-refractivity contribution in [2.45, 2.75) is 25.9 Å². The van der Waals surface area contributed by atoms with Crippen LogP contribution in [0.1, 0.15) is 38.7 Å². The van der Waals surface area contributed by atoms with Gasteiger partial charge in [0.05, 0.1) is 6.54 Å². The molecule has 1 unspecified atom stereocenters. The van der Waals surface area contributed by atoms with Gasteiger partial charge in [0.2, 0.25) is 5.91 Å². The number of amides is 2. The SMILES string of the molecule is CSCCC(NC(=O)c1ccccc1)C(=O)NCc1cc(C(=O)O)c(C)o1. The lowest BCUT2D eigenvalue weighted by Crippen LogP contribution is -2.46. The molecule has 1 aromatic carbocycles. The number of rotatable bonds is 9. The van der Waals surface area contributed by atoms with Crippen molar-refractivity contribution in [3.63, 3.8) is 0 Å². The molecule has 0 aliphatic heterocycles. The third-order valence-corrected chi connectivity index (χ3v) is 4.55. The lowest BCUT2D eigenvalue weighted by Gasteiger charge is -2.18. The van der Waals surface area contributed by atoms with E-state index in [0.29, 0.717) is 23.5 Å². The van der Waals surface area contributed by atoms with Crippen LogP contribution < -0.4 is 10.6 Å². The molecule has 0 bridgehead atoms. The lowest BCUT2D eigenvalue weighted by molar-refractivity contribution is -0.123. The Hall–Kier alpha value is -2.74. The van der Waals surface area contributed by atoms with Crippen LogP contribution in [0.4, 0.5) is 0 Å². The molecular weight excluding hydrogens is 368 g/mol. The van der Waals surface area contributed by atoms with E-state index in [4.69, 9.17) is 9.52 Å². The lowest BCUT2D eigenvalue weighted by atomic mass is 10.1. The van der Waals surface area contributed by atoms with Gasteiger partial charge in [-0.3, -0.25) is 9.59 Å². The molecule has 0 aliphatic carbocycles. The molecule has 2 amide bonds. The Morgan fingerprint density at radius 3 is 2.52 bits per heavy atom. The Morgan fingerprint density at radius 2 is 1.93 bits per heavy atom. The Balaban J connectivity index is 2.00. The van der Waals surface area contributed by atoms with E-state index in [1.54, 1.807) is 43.0 Å². The van der Waals surface area contributed by atoms with Gasteiger partial charge in [0, 0.05) is 5.56 Å². The third-order valence-electron chi connectivity index (χ3n) is 3.90. The number of carbonyl (C=O) groups excluding carboxylic acids is 2. The third kappa shape index (κ3) is 5.89. The fourth-order valence-corrected chi connectivity index (χ4v) is 2.95. The molecule has 7 nitrogen and oxygen atoms in total. The summed E-state index contributed by atoms with van der Waals surface area (Å²) in [5.41, 5.74) is 0.544. The molecule has 0 aliphatic rings. The Bertz CT molecular complexity index is 804. The summed E-state index contributed by atoms with van der Waals surface area (Å²) in [4.78, 5) is 35.9. The highest BCUT2D eigenvalue weighted by molar-refractivity contribution is 7.98. The second-order valence-corrected chi connectivity index (χ2v) is 6.86. The second kappa shape index (κ2) is 9.82. The zero-order valence-corrected chi connectivity index (χ0v) is 16.0. The molecular formula is C19H22N2O5S. The topological polar surface area (TPSA) is 109 Å². The van der Waals surface area contributed by atoms with Gasteiger partial charge in [-0.15, -0.1) is 0 Å². The monoisotopic (exact) mass is 390 g/mol. The minimum Gasteiger partial charge on any atom is -0.478 e. The van der Waals surface area contributed by atoms with Crippen molar-refractivity contribution < 1.29 is 23.9 Å². The van der Waals surface area contributed by atoms with E-state index in [1.165, 1.54) is 6.07 Å². The van der Waals surface area contributed by atoms with Crippen LogP contribution in [0.3, 0.4) is 0 Å². The second-order valence-electron chi connectivity index (χ2n) is 5.88. The van der Waals surface area contributed by atoms with Crippen LogP contribution in [-0.2, 0) is 11.3 Å². The fraction of sp³-hybridized carbons (Fsp3) is 0.316. The zero-order valence-electron chi connectivity index (χ0n) is 15.2. The molecule has 1 atom stereocenters. The van der Waals surface area contributed by atoms with Gasteiger partial charge >= 0.3 is 5.97 Å². The molecule has 0 spiro atoms. The molecule has 144 valence electrons. The van der Waals surface area contributed by atoms with E-state index in [1.807, 2.05) is 12.3 Å². The summed E-state index contributed by atoms with van der Waals surface area (Å²) < 4.78 is 5.35. The predicted octanol–water partition coefficient (Wildman–Crippen LogP) is 2.45. The highest BCUT2D eigenvalue weighted by Crippen LogP contribution is 2.14. The average molecular weight is 390 g/mol. The highest BCUT2D eigenvalue weighted by Gasteiger charge is 2.22. The van der Waals surface area contributed by atoms with Gasteiger partial charge in [0.1, 0.15) is 23.1 Å². The van der Waals surface area contributed by atoms with Crippen molar-refractivity contribution in [1.29, 1.82) is 0 Å². The molecule has 0 radical (unpaired) electrons. The van der Waals surface area contributed by atoms with Crippen LogP contribution in [0, 0.1) is 6.92 Å². The number of thioether (sulfide) groups is 1. The van der Waals surface area contributed by atoms with E-state index in [9.17, 15) is 14.4 Å². The molecule has 1 heterocycles. The number of benzene rings is 1. The van der Waals surface area contributed by atoms with Gasteiger partial charge in [0.15, 0.2) is 0 Å². The van der Waals surface area contributed by atoms with Gasteiger partial charge in [-0.2, -0.15) is 11.8 Å². The molecule has 0 saturated heterocycles. The number of hydrogen-bond donors (Lipinski definition) is 3. The molecule has 3 N–H and O–H groups in total.